The Morgan fingerprint density at radius 2 is 1.85 bits per heavy atom. The molecule has 0 aromatic heterocycles. The second-order valence-electron chi connectivity index (χ2n) is 5.13. The molecule has 2 aliphatic heterocycles. The van der Waals surface area contributed by atoms with Gasteiger partial charge in [-0.05, 0) is 40.5 Å². The molecular formula is C17H13NO2. The zero-order chi connectivity index (χ0) is 13.7. The maximum atomic E-state index is 11.3. The Morgan fingerprint density at radius 3 is 2.60 bits per heavy atom. The number of rotatable bonds is 2. The van der Waals surface area contributed by atoms with Gasteiger partial charge in [0.1, 0.15) is 12.2 Å². The summed E-state index contributed by atoms with van der Waals surface area (Å²) in [6, 6.07) is 15.8. The molecule has 1 amide bonds. The minimum atomic E-state index is -0.400. The Hall–Kier alpha value is -2.39. The van der Waals surface area contributed by atoms with Crippen LogP contribution in [0.3, 0.4) is 0 Å². The van der Waals surface area contributed by atoms with Crippen molar-refractivity contribution < 1.29 is 9.53 Å². The summed E-state index contributed by atoms with van der Waals surface area (Å²) in [7, 11) is 0. The Kier molecular flexibility index (Phi) is 2.32. The second-order valence-corrected chi connectivity index (χ2v) is 5.13. The molecule has 0 fully saturated rings. The molecule has 0 saturated heterocycles. The lowest BCUT2D eigenvalue weighted by Gasteiger charge is -2.15. The fourth-order valence-corrected chi connectivity index (χ4v) is 3.00. The first-order valence-electron chi connectivity index (χ1n) is 6.60. The summed E-state index contributed by atoms with van der Waals surface area (Å²) < 4.78 is 6.00. The summed E-state index contributed by atoms with van der Waals surface area (Å²) in [6.45, 7) is 0. The fourth-order valence-electron chi connectivity index (χ4n) is 3.00. The van der Waals surface area contributed by atoms with Crippen LogP contribution in [0.2, 0.25) is 0 Å². The highest BCUT2D eigenvalue weighted by atomic mass is 16.5. The van der Waals surface area contributed by atoms with E-state index < -0.39 is 5.91 Å². The predicted molar refractivity (Wildman–Crippen MR) is 75.9 cm³/mol. The lowest BCUT2D eigenvalue weighted by Crippen LogP contribution is -2.12. The maximum Gasteiger partial charge on any atom is 0.248 e. The SMILES string of the molecule is NC(=O)c1ccc2c(c1)C1C=C(c3ccccc3)C2O1. The van der Waals surface area contributed by atoms with E-state index in [-0.39, 0.29) is 12.2 Å². The molecule has 98 valence electrons. The molecule has 2 bridgehead atoms. The van der Waals surface area contributed by atoms with Crippen LogP contribution in [0.5, 0.6) is 0 Å². The lowest BCUT2D eigenvalue weighted by molar-refractivity contribution is 0.0915. The van der Waals surface area contributed by atoms with Crippen molar-refractivity contribution in [2.24, 2.45) is 5.73 Å². The average Bonchev–Trinajstić information content (AvgIpc) is 3.06. The predicted octanol–water partition coefficient (Wildman–Crippen LogP) is 3.00. The van der Waals surface area contributed by atoms with Crippen LogP contribution in [-0.2, 0) is 4.74 Å². The third kappa shape index (κ3) is 1.53. The van der Waals surface area contributed by atoms with Crippen molar-refractivity contribution in [2.45, 2.75) is 12.2 Å². The quantitative estimate of drug-likeness (QED) is 0.905. The molecule has 0 saturated carbocycles. The van der Waals surface area contributed by atoms with Crippen molar-refractivity contribution in [3.63, 3.8) is 0 Å². The van der Waals surface area contributed by atoms with Crippen LogP contribution in [0.25, 0.3) is 5.57 Å². The summed E-state index contributed by atoms with van der Waals surface area (Å²) in [4.78, 5) is 11.3. The van der Waals surface area contributed by atoms with Crippen LogP contribution in [0.1, 0.15) is 39.3 Å². The highest BCUT2D eigenvalue weighted by molar-refractivity contribution is 5.93. The molecule has 3 heteroatoms. The van der Waals surface area contributed by atoms with Crippen molar-refractivity contribution in [3.05, 3.63) is 76.9 Å². The summed E-state index contributed by atoms with van der Waals surface area (Å²) >= 11 is 0. The molecule has 20 heavy (non-hydrogen) atoms. The number of carbonyl (C=O) groups excluding carboxylic acids is 1. The number of nitrogens with two attached hydrogens (primary N) is 1. The lowest BCUT2D eigenvalue weighted by atomic mass is 9.87. The molecule has 0 aliphatic carbocycles. The van der Waals surface area contributed by atoms with Gasteiger partial charge in [0.25, 0.3) is 0 Å². The van der Waals surface area contributed by atoms with E-state index in [9.17, 15) is 4.79 Å². The summed E-state index contributed by atoms with van der Waals surface area (Å²) in [5.41, 5.74) is 10.5. The number of carbonyl (C=O) groups is 1. The van der Waals surface area contributed by atoms with Crippen molar-refractivity contribution in [3.8, 4) is 0 Å². The van der Waals surface area contributed by atoms with Gasteiger partial charge in [0, 0.05) is 5.56 Å². The average molecular weight is 263 g/mol. The minimum absolute atomic E-state index is 0.0284. The normalized spacial score (nSPS) is 22.5. The summed E-state index contributed by atoms with van der Waals surface area (Å²) in [5, 5.41) is 0. The molecular weight excluding hydrogens is 250 g/mol. The van der Waals surface area contributed by atoms with E-state index in [1.165, 1.54) is 11.1 Å². The summed E-state index contributed by atoms with van der Waals surface area (Å²) in [6.07, 6.45) is 2.04. The van der Waals surface area contributed by atoms with Gasteiger partial charge in [0.15, 0.2) is 0 Å². The first-order chi connectivity index (χ1) is 9.74. The Morgan fingerprint density at radius 1 is 1.05 bits per heavy atom. The molecule has 4 rings (SSSR count). The zero-order valence-corrected chi connectivity index (χ0v) is 10.7. The van der Waals surface area contributed by atoms with Crippen molar-refractivity contribution in [1.82, 2.24) is 0 Å². The topological polar surface area (TPSA) is 52.3 Å². The van der Waals surface area contributed by atoms with Gasteiger partial charge in [-0.15, -0.1) is 0 Å². The minimum Gasteiger partial charge on any atom is -0.366 e. The van der Waals surface area contributed by atoms with E-state index in [1.54, 1.807) is 6.07 Å². The first-order valence-corrected chi connectivity index (χ1v) is 6.60. The van der Waals surface area contributed by atoms with Crippen molar-refractivity contribution >= 4 is 11.5 Å². The third-order valence-corrected chi connectivity index (χ3v) is 3.96. The molecule has 2 aromatic carbocycles. The number of amides is 1. The fraction of sp³-hybridized carbons (Fsp3) is 0.118. The molecule has 0 spiro atoms. The summed E-state index contributed by atoms with van der Waals surface area (Å²) in [5.74, 6) is -0.400. The van der Waals surface area contributed by atoms with Gasteiger partial charge in [-0.3, -0.25) is 4.79 Å². The Bertz CT molecular complexity index is 734. The largest absolute Gasteiger partial charge is 0.366 e. The Labute approximate surface area is 116 Å². The van der Waals surface area contributed by atoms with Gasteiger partial charge in [0.05, 0.1) is 0 Å². The maximum absolute atomic E-state index is 11.3. The van der Waals surface area contributed by atoms with E-state index in [0.717, 1.165) is 11.1 Å². The molecule has 3 nitrogen and oxygen atoms in total. The number of hydrogen-bond acceptors (Lipinski definition) is 2. The monoisotopic (exact) mass is 263 g/mol. The molecule has 2 unspecified atom stereocenters. The number of primary amides is 1. The molecule has 2 atom stereocenters. The van der Waals surface area contributed by atoms with Crippen LogP contribution in [0.4, 0.5) is 0 Å². The van der Waals surface area contributed by atoms with E-state index in [0.29, 0.717) is 5.56 Å². The van der Waals surface area contributed by atoms with Gasteiger partial charge >= 0.3 is 0 Å². The molecule has 2 heterocycles. The number of benzene rings is 2. The van der Waals surface area contributed by atoms with Crippen molar-refractivity contribution in [2.75, 3.05) is 0 Å². The number of ether oxygens (including phenoxy) is 1. The molecule has 2 N–H and O–H groups in total. The van der Waals surface area contributed by atoms with Gasteiger partial charge < -0.3 is 10.5 Å². The van der Waals surface area contributed by atoms with Crippen LogP contribution in [-0.4, -0.2) is 5.91 Å². The zero-order valence-electron chi connectivity index (χ0n) is 10.7. The molecule has 2 aromatic rings. The number of fused-ring (bicyclic) bond motifs is 5. The van der Waals surface area contributed by atoms with Gasteiger partial charge in [-0.2, -0.15) is 0 Å². The standard InChI is InChI=1S/C17H13NO2/c18-17(19)11-6-7-12-14(8-11)15-9-13(16(12)20-15)10-4-2-1-3-5-10/h1-9,15-16H,(H2,18,19). The number of hydrogen-bond donors (Lipinski definition) is 1. The molecule has 0 radical (unpaired) electrons. The van der Waals surface area contributed by atoms with E-state index in [2.05, 4.69) is 18.2 Å². The van der Waals surface area contributed by atoms with Gasteiger partial charge in [0.2, 0.25) is 5.91 Å². The van der Waals surface area contributed by atoms with Gasteiger partial charge in [-0.1, -0.05) is 36.4 Å². The van der Waals surface area contributed by atoms with E-state index in [4.69, 9.17) is 10.5 Å². The third-order valence-electron chi connectivity index (χ3n) is 3.96. The van der Waals surface area contributed by atoms with E-state index in [1.807, 2.05) is 30.3 Å². The van der Waals surface area contributed by atoms with Crippen LogP contribution >= 0.6 is 0 Å². The Balaban J connectivity index is 1.78. The highest BCUT2D eigenvalue weighted by Gasteiger charge is 2.39. The van der Waals surface area contributed by atoms with E-state index >= 15 is 0 Å². The van der Waals surface area contributed by atoms with Crippen LogP contribution in [0.15, 0.2) is 54.6 Å². The smallest absolute Gasteiger partial charge is 0.248 e. The van der Waals surface area contributed by atoms with Crippen LogP contribution in [0, 0.1) is 0 Å². The van der Waals surface area contributed by atoms with Crippen molar-refractivity contribution in [1.29, 1.82) is 0 Å². The molecule has 2 aliphatic rings. The highest BCUT2D eigenvalue weighted by Crippen LogP contribution is 2.53. The van der Waals surface area contributed by atoms with Crippen LogP contribution < -0.4 is 5.73 Å². The second kappa shape index (κ2) is 4.05. The first kappa shape index (κ1) is 11.4. The van der Waals surface area contributed by atoms with Gasteiger partial charge in [-0.25, -0.2) is 0 Å².